The van der Waals surface area contributed by atoms with Crippen molar-refractivity contribution in [3.63, 3.8) is 0 Å². The number of hydrogen-bond donors (Lipinski definition) is 1. The molecule has 0 aliphatic rings. The molecule has 1 atom stereocenters. The molecule has 9 heteroatoms. The van der Waals surface area contributed by atoms with Crippen molar-refractivity contribution >= 4 is 40.8 Å². The Labute approximate surface area is 194 Å². The van der Waals surface area contributed by atoms with Gasteiger partial charge < -0.3 is 14.8 Å². The van der Waals surface area contributed by atoms with E-state index < -0.39 is 30.5 Å². The summed E-state index contributed by atoms with van der Waals surface area (Å²) in [5.41, 5.74) is 2.25. The summed E-state index contributed by atoms with van der Waals surface area (Å²) in [6.45, 7) is -0.508. The predicted octanol–water partition coefficient (Wildman–Crippen LogP) is 3.45. The highest BCUT2D eigenvalue weighted by Crippen LogP contribution is 2.26. The lowest BCUT2D eigenvalue weighted by Crippen LogP contribution is -2.44. The molecule has 0 fully saturated rings. The largest absolute Gasteiger partial charge is 0.467 e. The van der Waals surface area contributed by atoms with Gasteiger partial charge >= 0.3 is 11.9 Å². The summed E-state index contributed by atoms with van der Waals surface area (Å²) < 4.78 is 9.81. The number of ether oxygens (including phenoxy) is 2. The van der Waals surface area contributed by atoms with Crippen LogP contribution in [0, 0.1) is 0 Å². The van der Waals surface area contributed by atoms with Crippen molar-refractivity contribution in [1.29, 1.82) is 0 Å². The highest BCUT2D eigenvalue weighted by Gasteiger charge is 2.22. The van der Waals surface area contributed by atoms with E-state index in [0.29, 0.717) is 10.7 Å². The van der Waals surface area contributed by atoms with Gasteiger partial charge in [0, 0.05) is 22.4 Å². The lowest BCUT2D eigenvalue weighted by atomic mass is 10.1. The number of aromatic nitrogens is 1. The average Bonchev–Trinajstić information content (AvgIpc) is 3.26. The number of halogens is 1. The molecule has 1 N–H and O–H groups in total. The zero-order chi connectivity index (χ0) is 22.9. The number of rotatable bonds is 9. The van der Waals surface area contributed by atoms with Gasteiger partial charge in [-0.15, -0.1) is 11.3 Å². The number of carbonyl (C=O) groups excluding carboxylic acids is 3. The van der Waals surface area contributed by atoms with Gasteiger partial charge in [0.15, 0.2) is 6.61 Å². The molecule has 0 aliphatic heterocycles. The van der Waals surface area contributed by atoms with Crippen LogP contribution < -0.4 is 5.32 Å². The van der Waals surface area contributed by atoms with Gasteiger partial charge in [0.2, 0.25) is 0 Å². The number of benzene rings is 2. The maximum Gasteiger partial charge on any atom is 0.328 e. The van der Waals surface area contributed by atoms with Gasteiger partial charge in [-0.3, -0.25) is 9.59 Å². The number of carbonyl (C=O) groups is 3. The minimum Gasteiger partial charge on any atom is -0.467 e. The number of thiazole rings is 1. The number of methoxy groups -OCH3 is 1. The molecule has 1 unspecified atom stereocenters. The van der Waals surface area contributed by atoms with E-state index in [1.54, 1.807) is 17.5 Å². The fourth-order valence-corrected chi connectivity index (χ4v) is 3.92. The standard InChI is InChI=1S/C23H21ClN2O5S/c1-30-23(29)19(10-15-6-3-2-4-7-15)26-20(27)13-31-21(28)12-18-14-32-22(25-18)16-8-5-9-17(24)11-16/h2-9,11,14,19H,10,12-13H2,1H3,(H,26,27). The molecule has 1 heterocycles. The Morgan fingerprint density at radius 2 is 1.91 bits per heavy atom. The van der Waals surface area contributed by atoms with Crippen LogP contribution in [-0.4, -0.2) is 42.6 Å². The van der Waals surface area contributed by atoms with Crippen molar-refractivity contribution in [2.24, 2.45) is 0 Å². The molecule has 0 radical (unpaired) electrons. The van der Waals surface area contributed by atoms with Crippen molar-refractivity contribution in [3.05, 3.63) is 76.3 Å². The predicted molar refractivity (Wildman–Crippen MR) is 121 cm³/mol. The minimum atomic E-state index is -0.882. The molecule has 166 valence electrons. The molecule has 3 rings (SSSR count). The highest BCUT2D eigenvalue weighted by molar-refractivity contribution is 7.13. The Morgan fingerprint density at radius 1 is 1.12 bits per heavy atom. The van der Waals surface area contributed by atoms with Gasteiger partial charge in [-0.05, 0) is 17.7 Å². The molecule has 1 aromatic heterocycles. The molecule has 0 spiro atoms. The third kappa shape index (κ3) is 6.90. The molecular weight excluding hydrogens is 452 g/mol. The fraction of sp³-hybridized carbons (Fsp3) is 0.217. The van der Waals surface area contributed by atoms with E-state index in [4.69, 9.17) is 21.1 Å². The molecule has 0 bridgehead atoms. The van der Waals surface area contributed by atoms with Gasteiger partial charge in [-0.2, -0.15) is 0 Å². The summed E-state index contributed by atoms with van der Waals surface area (Å²) in [5, 5.41) is 5.63. The lowest BCUT2D eigenvalue weighted by molar-refractivity contribution is -0.149. The van der Waals surface area contributed by atoms with Gasteiger partial charge in [-0.25, -0.2) is 9.78 Å². The molecule has 32 heavy (non-hydrogen) atoms. The molecule has 2 aromatic carbocycles. The minimum absolute atomic E-state index is 0.0746. The molecule has 0 saturated heterocycles. The topological polar surface area (TPSA) is 94.6 Å². The average molecular weight is 473 g/mol. The maximum atomic E-state index is 12.2. The van der Waals surface area contributed by atoms with Crippen molar-refractivity contribution < 1.29 is 23.9 Å². The second-order valence-corrected chi connectivity index (χ2v) is 8.12. The smallest absolute Gasteiger partial charge is 0.328 e. The van der Waals surface area contributed by atoms with Gasteiger partial charge in [0.25, 0.3) is 5.91 Å². The number of nitrogens with one attached hydrogen (secondary N) is 1. The van der Waals surface area contributed by atoms with Crippen molar-refractivity contribution in [3.8, 4) is 10.6 Å². The summed E-state index contributed by atoms with van der Waals surface area (Å²) in [5.74, 6) is -1.77. The van der Waals surface area contributed by atoms with Crippen molar-refractivity contribution in [2.75, 3.05) is 13.7 Å². The van der Waals surface area contributed by atoms with Crippen LogP contribution in [0.15, 0.2) is 60.0 Å². The summed E-state index contributed by atoms with van der Waals surface area (Å²) in [4.78, 5) is 40.8. The zero-order valence-corrected chi connectivity index (χ0v) is 18.8. The first-order chi connectivity index (χ1) is 15.4. The van der Waals surface area contributed by atoms with Crippen LogP contribution in [-0.2, 0) is 36.7 Å². The van der Waals surface area contributed by atoms with E-state index in [2.05, 4.69) is 10.3 Å². The van der Waals surface area contributed by atoms with Crippen LogP contribution in [0.5, 0.6) is 0 Å². The van der Waals surface area contributed by atoms with Crippen molar-refractivity contribution in [1.82, 2.24) is 10.3 Å². The Kier molecular flexibility index (Phi) is 8.35. The lowest BCUT2D eigenvalue weighted by Gasteiger charge is -2.16. The third-order valence-electron chi connectivity index (χ3n) is 4.42. The van der Waals surface area contributed by atoms with E-state index in [9.17, 15) is 14.4 Å². The number of hydrogen-bond acceptors (Lipinski definition) is 7. The molecular formula is C23H21ClN2O5S. The maximum absolute atomic E-state index is 12.2. The second kappa shape index (κ2) is 11.4. The molecule has 0 saturated carbocycles. The van der Waals surface area contributed by atoms with Gasteiger partial charge in [-0.1, -0.05) is 54.1 Å². The molecule has 3 aromatic rings. The van der Waals surface area contributed by atoms with Crippen molar-refractivity contribution in [2.45, 2.75) is 18.9 Å². The summed E-state index contributed by atoms with van der Waals surface area (Å²) in [7, 11) is 1.25. The number of amides is 1. The Bertz CT molecular complexity index is 1090. The van der Waals surface area contributed by atoms with E-state index in [1.165, 1.54) is 18.4 Å². The fourth-order valence-electron chi connectivity index (χ4n) is 2.91. The summed E-state index contributed by atoms with van der Waals surface area (Å²) >= 11 is 7.39. The van der Waals surface area contributed by atoms with E-state index in [-0.39, 0.29) is 12.8 Å². The van der Waals surface area contributed by atoms with Crippen LogP contribution in [0.1, 0.15) is 11.3 Å². The second-order valence-electron chi connectivity index (χ2n) is 6.82. The van der Waals surface area contributed by atoms with Crippen LogP contribution >= 0.6 is 22.9 Å². The first kappa shape index (κ1) is 23.4. The first-order valence-corrected chi connectivity index (χ1v) is 11.0. The number of nitrogens with zero attached hydrogens (tertiary/aromatic N) is 1. The van der Waals surface area contributed by atoms with E-state index in [0.717, 1.165) is 16.1 Å². The van der Waals surface area contributed by atoms with Gasteiger partial charge in [0.05, 0.1) is 19.2 Å². The van der Waals surface area contributed by atoms with Crippen LogP contribution in [0.3, 0.4) is 0 Å². The van der Waals surface area contributed by atoms with Crippen LogP contribution in [0.4, 0.5) is 0 Å². The summed E-state index contributed by atoms with van der Waals surface area (Å²) in [6.07, 6.45) is 0.188. The van der Waals surface area contributed by atoms with Gasteiger partial charge in [0.1, 0.15) is 11.0 Å². The molecule has 7 nitrogen and oxygen atoms in total. The molecule has 0 aliphatic carbocycles. The Morgan fingerprint density at radius 3 is 2.62 bits per heavy atom. The number of esters is 2. The SMILES string of the molecule is COC(=O)C(Cc1ccccc1)NC(=O)COC(=O)Cc1csc(-c2cccc(Cl)c2)n1. The van der Waals surface area contributed by atoms with Crippen LogP contribution in [0.25, 0.3) is 10.6 Å². The Balaban J connectivity index is 1.50. The first-order valence-electron chi connectivity index (χ1n) is 9.71. The Hall–Kier alpha value is -3.23. The normalized spacial score (nSPS) is 11.4. The zero-order valence-electron chi connectivity index (χ0n) is 17.2. The van der Waals surface area contributed by atoms with Crippen LogP contribution in [0.2, 0.25) is 5.02 Å². The third-order valence-corrected chi connectivity index (χ3v) is 5.59. The molecule has 1 amide bonds. The monoisotopic (exact) mass is 472 g/mol. The highest BCUT2D eigenvalue weighted by atomic mass is 35.5. The van der Waals surface area contributed by atoms with E-state index >= 15 is 0 Å². The van der Waals surface area contributed by atoms with E-state index in [1.807, 2.05) is 42.5 Å². The summed E-state index contributed by atoms with van der Waals surface area (Å²) in [6, 6.07) is 15.6. The quantitative estimate of drug-likeness (QED) is 0.479.